The topological polar surface area (TPSA) is 114 Å². The third-order valence-corrected chi connectivity index (χ3v) is 3.28. The number of nitrogen functional groups attached to an aromatic ring is 2. The zero-order chi connectivity index (χ0) is 18.1. The molecule has 0 unspecified atom stereocenters. The molecule has 2 rings (SSSR count). The number of ether oxygens (including phenoxy) is 3. The molecule has 0 saturated carbocycles. The molecule has 0 heterocycles. The fraction of sp³-hybridized carbons (Fsp3) is 0.222. The maximum absolute atomic E-state index is 11.8. The van der Waals surface area contributed by atoms with E-state index in [1.807, 2.05) is 0 Å². The van der Waals surface area contributed by atoms with Crippen molar-refractivity contribution in [1.29, 1.82) is 0 Å². The highest BCUT2D eigenvalue weighted by atomic mass is 16.6. The summed E-state index contributed by atoms with van der Waals surface area (Å²) in [4.78, 5) is 23.6. The molecule has 0 amide bonds. The van der Waals surface area contributed by atoms with Crippen LogP contribution in [0.25, 0.3) is 0 Å². The Morgan fingerprint density at radius 1 is 0.680 bits per heavy atom. The molecule has 7 nitrogen and oxygen atoms in total. The van der Waals surface area contributed by atoms with Crippen LogP contribution in [0.1, 0.15) is 20.7 Å². The predicted octanol–water partition coefficient (Wildman–Crippen LogP) is 1.88. The molecule has 132 valence electrons. The Balaban J connectivity index is 1.60. The van der Waals surface area contributed by atoms with Crippen molar-refractivity contribution in [2.75, 3.05) is 37.9 Å². The Labute approximate surface area is 145 Å². The Morgan fingerprint density at radius 2 is 1.08 bits per heavy atom. The van der Waals surface area contributed by atoms with Crippen molar-refractivity contribution in [3.8, 4) is 0 Å². The first-order valence-electron chi connectivity index (χ1n) is 7.70. The third kappa shape index (κ3) is 5.50. The van der Waals surface area contributed by atoms with Crippen LogP contribution < -0.4 is 11.5 Å². The van der Waals surface area contributed by atoms with E-state index < -0.39 is 11.9 Å². The van der Waals surface area contributed by atoms with Crippen molar-refractivity contribution in [3.05, 3.63) is 59.7 Å². The van der Waals surface area contributed by atoms with Crippen LogP contribution in [0.15, 0.2) is 48.5 Å². The van der Waals surface area contributed by atoms with Crippen LogP contribution in [0.2, 0.25) is 0 Å². The molecule has 0 aliphatic heterocycles. The first-order chi connectivity index (χ1) is 12.1. The second-order valence-corrected chi connectivity index (χ2v) is 5.06. The second kappa shape index (κ2) is 9.29. The quantitative estimate of drug-likeness (QED) is 0.427. The monoisotopic (exact) mass is 344 g/mol. The fourth-order valence-corrected chi connectivity index (χ4v) is 2.01. The van der Waals surface area contributed by atoms with Gasteiger partial charge in [-0.2, -0.15) is 0 Å². The number of rotatable bonds is 8. The van der Waals surface area contributed by atoms with Gasteiger partial charge in [-0.1, -0.05) is 24.3 Å². The highest BCUT2D eigenvalue weighted by molar-refractivity contribution is 5.95. The molecular weight excluding hydrogens is 324 g/mol. The van der Waals surface area contributed by atoms with E-state index in [9.17, 15) is 9.59 Å². The Morgan fingerprint density at radius 3 is 1.48 bits per heavy atom. The average molecular weight is 344 g/mol. The highest BCUT2D eigenvalue weighted by Gasteiger charge is 2.11. The van der Waals surface area contributed by atoms with E-state index in [4.69, 9.17) is 25.7 Å². The van der Waals surface area contributed by atoms with Gasteiger partial charge in [-0.25, -0.2) is 9.59 Å². The number of carbonyl (C=O) groups excluding carboxylic acids is 2. The molecule has 0 spiro atoms. The largest absolute Gasteiger partial charge is 0.460 e. The summed E-state index contributed by atoms with van der Waals surface area (Å²) in [6.45, 7) is 0.520. The van der Waals surface area contributed by atoms with Crippen LogP contribution in [0.5, 0.6) is 0 Å². The maximum Gasteiger partial charge on any atom is 0.340 e. The van der Waals surface area contributed by atoms with Crippen LogP contribution in [-0.4, -0.2) is 38.4 Å². The van der Waals surface area contributed by atoms with E-state index in [1.54, 1.807) is 48.5 Å². The molecule has 0 aliphatic carbocycles. The van der Waals surface area contributed by atoms with Gasteiger partial charge in [0.1, 0.15) is 13.2 Å². The lowest BCUT2D eigenvalue weighted by atomic mass is 10.2. The summed E-state index contributed by atoms with van der Waals surface area (Å²) < 4.78 is 15.4. The zero-order valence-electron chi connectivity index (χ0n) is 13.6. The van der Waals surface area contributed by atoms with E-state index in [0.717, 1.165) is 0 Å². The van der Waals surface area contributed by atoms with Gasteiger partial charge < -0.3 is 25.7 Å². The summed E-state index contributed by atoms with van der Waals surface area (Å²) in [6, 6.07) is 13.3. The maximum atomic E-state index is 11.8. The molecule has 0 saturated heterocycles. The van der Waals surface area contributed by atoms with Crippen molar-refractivity contribution in [2.24, 2.45) is 0 Å². The molecule has 0 aromatic heterocycles. The van der Waals surface area contributed by atoms with Crippen LogP contribution in [0, 0.1) is 0 Å². The van der Waals surface area contributed by atoms with Gasteiger partial charge >= 0.3 is 11.9 Å². The summed E-state index contributed by atoms with van der Waals surface area (Å²) in [5.74, 6) is -1.01. The average Bonchev–Trinajstić information content (AvgIpc) is 2.61. The van der Waals surface area contributed by atoms with Crippen LogP contribution in [0.4, 0.5) is 11.4 Å². The van der Waals surface area contributed by atoms with Crippen LogP contribution in [-0.2, 0) is 14.2 Å². The van der Waals surface area contributed by atoms with Gasteiger partial charge in [0.25, 0.3) is 0 Å². The van der Waals surface area contributed by atoms with Crippen molar-refractivity contribution in [3.63, 3.8) is 0 Å². The molecule has 2 aromatic carbocycles. The van der Waals surface area contributed by atoms with Crippen molar-refractivity contribution < 1.29 is 23.8 Å². The van der Waals surface area contributed by atoms with Crippen molar-refractivity contribution in [1.82, 2.24) is 0 Å². The van der Waals surface area contributed by atoms with Gasteiger partial charge in [-0.15, -0.1) is 0 Å². The molecule has 0 radical (unpaired) electrons. The summed E-state index contributed by atoms with van der Waals surface area (Å²) in [5.41, 5.74) is 12.7. The minimum Gasteiger partial charge on any atom is -0.460 e. The molecule has 2 aromatic rings. The van der Waals surface area contributed by atoms with Gasteiger partial charge in [0.2, 0.25) is 0 Å². The Kier molecular flexibility index (Phi) is 6.79. The number of anilines is 2. The molecule has 4 N–H and O–H groups in total. The smallest absolute Gasteiger partial charge is 0.340 e. The first-order valence-corrected chi connectivity index (χ1v) is 7.70. The third-order valence-electron chi connectivity index (χ3n) is 3.28. The van der Waals surface area contributed by atoms with Gasteiger partial charge in [0.05, 0.1) is 24.3 Å². The highest BCUT2D eigenvalue weighted by Crippen LogP contribution is 2.12. The van der Waals surface area contributed by atoms with Crippen LogP contribution in [0.3, 0.4) is 0 Å². The molecule has 0 aliphatic rings. The van der Waals surface area contributed by atoms with E-state index >= 15 is 0 Å². The lowest BCUT2D eigenvalue weighted by Crippen LogP contribution is -2.15. The number of esters is 2. The predicted molar refractivity (Wildman–Crippen MR) is 93.1 cm³/mol. The number of para-hydroxylation sites is 2. The van der Waals surface area contributed by atoms with Gasteiger partial charge in [-0.05, 0) is 24.3 Å². The standard InChI is InChI=1S/C18H20N2O5/c19-15-7-3-1-5-13(15)17(21)24-11-9-23-10-12-25-18(22)14-6-2-4-8-16(14)20/h1-8H,9-12,19-20H2. The molecule has 0 bridgehead atoms. The molecular formula is C18H20N2O5. The minimum absolute atomic E-state index is 0.0761. The Bertz CT molecular complexity index is 671. The fourth-order valence-electron chi connectivity index (χ4n) is 2.01. The van der Waals surface area contributed by atoms with Crippen molar-refractivity contribution in [2.45, 2.75) is 0 Å². The summed E-state index contributed by atoms with van der Waals surface area (Å²) in [7, 11) is 0. The van der Waals surface area contributed by atoms with E-state index in [2.05, 4.69) is 0 Å². The first kappa shape index (κ1) is 18.3. The van der Waals surface area contributed by atoms with E-state index in [0.29, 0.717) is 22.5 Å². The molecule has 0 fully saturated rings. The van der Waals surface area contributed by atoms with E-state index in [-0.39, 0.29) is 26.4 Å². The summed E-state index contributed by atoms with van der Waals surface area (Å²) in [6.07, 6.45) is 0. The second-order valence-electron chi connectivity index (χ2n) is 5.06. The number of carbonyl (C=O) groups is 2. The normalized spacial score (nSPS) is 10.2. The van der Waals surface area contributed by atoms with Gasteiger partial charge in [0.15, 0.2) is 0 Å². The number of benzene rings is 2. The minimum atomic E-state index is -0.507. The number of hydrogen-bond donors (Lipinski definition) is 2. The lowest BCUT2D eigenvalue weighted by molar-refractivity contribution is 0.0152. The van der Waals surface area contributed by atoms with Crippen molar-refractivity contribution >= 4 is 23.3 Å². The molecule has 0 atom stereocenters. The summed E-state index contributed by atoms with van der Waals surface area (Å²) in [5, 5.41) is 0. The zero-order valence-corrected chi connectivity index (χ0v) is 13.6. The number of nitrogens with two attached hydrogens (primary N) is 2. The molecule has 7 heteroatoms. The van der Waals surface area contributed by atoms with E-state index in [1.165, 1.54) is 0 Å². The lowest BCUT2D eigenvalue weighted by Gasteiger charge is -2.09. The Hall–Kier alpha value is -3.06. The van der Waals surface area contributed by atoms with Crippen LogP contribution >= 0.6 is 0 Å². The van der Waals surface area contributed by atoms with Gasteiger partial charge in [-0.3, -0.25) is 0 Å². The SMILES string of the molecule is Nc1ccccc1C(=O)OCCOCCOC(=O)c1ccccc1N. The molecule has 25 heavy (non-hydrogen) atoms. The van der Waals surface area contributed by atoms with Gasteiger partial charge in [0, 0.05) is 11.4 Å². The number of hydrogen-bond acceptors (Lipinski definition) is 7. The summed E-state index contributed by atoms with van der Waals surface area (Å²) >= 11 is 0.